The zero-order valence-electron chi connectivity index (χ0n) is 10.4. The second kappa shape index (κ2) is 5.83. The van der Waals surface area contributed by atoms with Crippen LogP contribution in [0.1, 0.15) is 11.1 Å². The molecular formula is C17H14O2. The van der Waals surface area contributed by atoms with Crippen LogP contribution in [0.15, 0.2) is 61.2 Å². The molecule has 2 nitrogen and oxygen atoms in total. The second-order valence-corrected chi connectivity index (χ2v) is 4.08. The Morgan fingerprint density at radius 3 is 2.37 bits per heavy atom. The van der Waals surface area contributed by atoms with Crippen molar-refractivity contribution in [1.82, 2.24) is 0 Å². The smallest absolute Gasteiger partial charge is 0.328 e. The van der Waals surface area contributed by atoms with E-state index in [1.807, 2.05) is 48.5 Å². The van der Waals surface area contributed by atoms with Gasteiger partial charge in [0.2, 0.25) is 0 Å². The van der Waals surface area contributed by atoms with Gasteiger partial charge < -0.3 is 5.11 Å². The Kier molecular flexibility index (Phi) is 3.94. The Hall–Kier alpha value is -2.61. The van der Waals surface area contributed by atoms with Gasteiger partial charge in [-0.05, 0) is 28.3 Å². The third-order valence-electron chi connectivity index (χ3n) is 2.82. The van der Waals surface area contributed by atoms with Crippen molar-refractivity contribution in [2.45, 2.75) is 0 Å². The summed E-state index contributed by atoms with van der Waals surface area (Å²) in [6.07, 6.45) is 4.55. The molecule has 0 saturated heterocycles. The van der Waals surface area contributed by atoms with E-state index in [4.69, 9.17) is 5.11 Å². The van der Waals surface area contributed by atoms with E-state index < -0.39 is 5.97 Å². The van der Waals surface area contributed by atoms with Crippen LogP contribution in [0.5, 0.6) is 0 Å². The molecule has 0 unspecified atom stereocenters. The lowest BCUT2D eigenvalue weighted by atomic mass is 9.98. The molecule has 1 N–H and O–H groups in total. The van der Waals surface area contributed by atoms with Crippen molar-refractivity contribution in [3.63, 3.8) is 0 Å². The zero-order chi connectivity index (χ0) is 13.7. The number of carbonyl (C=O) groups is 1. The molecule has 0 spiro atoms. The maximum absolute atomic E-state index is 10.6. The number of hydrogen-bond donors (Lipinski definition) is 1. The van der Waals surface area contributed by atoms with E-state index in [1.165, 1.54) is 0 Å². The summed E-state index contributed by atoms with van der Waals surface area (Å²) in [5.74, 6) is -0.947. The summed E-state index contributed by atoms with van der Waals surface area (Å²) < 4.78 is 0. The third-order valence-corrected chi connectivity index (χ3v) is 2.82. The van der Waals surface area contributed by atoms with Gasteiger partial charge in [0.25, 0.3) is 0 Å². The Labute approximate surface area is 112 Å². The highest BCUT2D eigenvalue weighted by atomic mass is 16.4. The average molecular weight is 250 g/mol. The van der Waals surface area contributed by atoms with E-state index in [1.54, 1.807) is 12.2 Å². The molecule has 19 heavy (non-hydrogen) atoms. The summed E-state index contributed by atoms with van der Waals surface area (Å²) in [4.78, 5) is 10.6. The zero-order valence-corrected chi connectivity index (χ0v) is 10.4. The van der Waals surface area contributed by atoms with Crippen LogP contribution in [-0.4, -0.2) is 11.1 Å². The number of aliphatic carboxylic acids is 1. The van der Waals surface area contributed by atoms with Crippen molar-refractivity contribution in [2.75, 3.05) is 0 Å². The molecule has 0 saturated carbocycles. The molecule has 0 fully saturated rings. The molecule has 0 radical (unpaired) electrons. The van der Waals surface area contributed by atoms with Crippen LogP contribution in [0.2, 0.25) is 0 Å². The van der Waals surface area contributed by atoms with Crippen molar-refractivity contribution in [1.29, 1.82) is 0 Å². The summed E-state index contributed by atoms with van der Waals surface area (Å²) >= 11 is 0. The number of carboxylic acid groups (broad SMARTS) is 1. The largest absolute Gasteiger partial charge is 0.478 e. The third kappa shape index (κ3) is 3.19. The summed E-state index contributed by atoms with van der Waals surface area (Å²) in [5.41, 5.74) is 4.01. The molecule has 2 rings (SSSR count). The lowest BCUT2D eigenvalue weighted by Crippen LogP contribution is -1.87. The molecule has 0 aromatic heterocycles. The molecule has 0 aliphatic heterocycles. The van der Waals surface area contributed by atoms with Gasteiger partial charge in [-0.2, -0.15) is 0 Å². The van der Waals surface area contributed by atoms with E-state index in [9.17, 15) is 4.79 Å². The van der Waals surface area contributed by atoms with Crippen LogP contribution in [0.25, 0.3) is 23.3 Å². The van der Waals surface area contributed by atoms with Gasteiger partial charge >= 0.3 is 5.97 Å². The fourth-order valence-corrected chi connectivity index (χ4v) is 1.87. The van der Waals surface area contributed by atoms with Gasteiger partial charge in [0.15, 0.2) is 0 Å². The highest BCUT2D eigenvalue weighted by Crippen LogP contribution is 2.25. The first-order valence-corrected chi connectivity index (χ1v) is 5.93. The molecule has 0 heterocycles. The van der Waals surface area contributed by atoms with Gasteiger partial charge in [-0.1, -0.05) is 61.2 Å². The van der Waals surface area contributed by atoms with Crippen LogP contribution in [0.3, 0.4) is 0 Å². The summed E-state index contributed by atoms with van der Waals surface area (Å²) in [5, 5.41) is 8.71. The van der Waals surface area contributed by atoms with Crippen LogP contribution >= 0.6 is 0 Å². The van der Waals surface area contributed by atoms with Crippen molar-refractivity contribution in [2.24, 2.45) is 0 Å². The molecule has 2 heteroatoms. The Bertz CT molecular complexity index is 622. The lowest BCUT2D eigenvalue weighted by Gasteiger charge is -2.06. The van der Waals surface area contributed by atoms with E-state index in [0.29, 0.717) is 0 Å². The fraction of sp³-hybridized carbons (Fsp3) is 0. The molecule has 2 aromatic carbocycles. The lowest BCUT2D eigenvalue weighted by molar-refractivity contribution is -0.131. The normalized spacial score (nSPS) is 10.5. The monoisotopic (exact) mass is 250 g/mol. The molecule has 0 bridgehead atoms. The molecule has 0 aliphatic rings. The minimum absolute atomic E-state index is 0.885. The van der Waals surface area contributed by atoms with Crippen LogP contribution < -0.4 is 0 Å². The highest BCUT2D eigenvalue weighted by Gasteiger charge is 2.02. The Balaban J connectivity index is 2.43. The van der Waals surface area contributed by atoms with E-state index in [-0.39, 0.29) is 0 Å². The Morgan fingerprint density at radius 2 is 1.74 bits per heavy atom. The number of rotatable bonds is 4. The minimum Gasteiger partial charge on any atom is -0.478 e. The van der Waals surface area contributed by atoms with Gasteiger partial charge in [0, 0.05) is 6.08 Å². The van der Waals surface area contributed by atoms with Gasteiger partial charge in [-0.15, -0.1) is 0 Å². The van der Waals surface area contributed by atoms with Gasteiger partial charge in [-0.25, -0.2) is 4.79 Å². The summed E-state index contributed by atoms with van der Waals surface area (Å²) in [6, 6.07) is 15.7. The molecule has 0 amide bonds. The first-order valence-electron chi connectivity index (χ1n) is 5.93. The SMILES string of the molecule is C=Cc1ccc(-c2ccccc2/C=C/C(=O)O)cc1. The molecule has 0 aliphatic carbocycles. The molecule has 0 atom stereocenters. The number of hydrogen-bond acceptors (Lipinski definition) is 1. The predicted molar refractivity (Wildman–Crippen MR) is 78.6 cm³/mol. The van der Waals surface area contributed by atoms with Gasteiger partial charge in [0.1, 0.15) is 0 Å². The molecule has 94 valence electrons. The quantitative estimate of drug-likeness (QED) is 0.830. The summed E-state index contributed by atoms with van der Waals surface area (Å²) in [7, 11) is 0. The Morgan fingerprint density at radius 1 is 1.05 bits per heavy atom. The number of carboxylic acids is 1. The van der Waals surface area contributed by atoms with E-state index in [0.717, 1.165) is 28.3 Å². The van der Waals surface area contributed by atoms with E-state index >= 15 is 0 Å². The van der Waals surface area contributed by atoms with Crippen molar-refractivity contribution in [3.8, 4) is 11.1 Å². The summed E-state index contributed by atoms with van der Waals surface area (Å²) in [6.45, 7) is 3.72. The van der Waals surface area contributed by atoms with Crippen LogP contribution in [0.4, 0.5) is 0 Å². The van der Waals surface area contributed by atoms with E-state index in [2.05, 4.69) is 6.58 Å². The molecule has 2 aromatic rings. The van der Waals surface area contributed by atoms with Gasteiger partial charge in [-0.3, -0.25) is 0 Å². The number of benzene rings is 2. The fourth-order valence-electron chi connectivity index (χ4n) is 1.87. The maximum atomic E-state index is 10.6. The minimum atomic E-state index is -0.947. The van der Waals surface area contributed by atoms with Crippen LogP contribution in [0, 0.1) is 0 Å². The van der Waals surface area contributed by atoms with Crippen molar-refractivity contribution < 1.29 is 9.90 Å². The first kappa shape index (κ1) is 12.8. The highest BCUT2D eigenvalue weighted by molar-refractivity contribution is 5.87. The van der Waals surface area contributed by atoms with Crippen LogP contribution in [-0.2, 0) is 4.79 Å². The van der Waals surface area contributed by atoms with Crippen molar-refractivity contribution in [3.05, 3.63) is 72.3 Å². The maximum Gasteiger partial charge on any atom is 0.328 e. The van der Waals surface area contributed by atoms with Crippen molar-refractivity contribution >= 4 is 18.1 Å². The average Bonchev–Trinajstić information content (AvgIpc) is 2.45. The standard InChI is InChI=1S/C17H14O2/c1-2-13-7-9-15(10-8-13)16-6-4-3-5-14(16)11-12-17(18)19/h2-12H,1H2,(H,18,19)/b12-11+. The predicted octanol–water partition coefficient (Wildman–Crippen LogP) is 4.09. The first-order chi connectivity index (χ1) is 9.20. The second-order valence-electron chi connectivity index (χ2n) is 4.08. The molecular weight excluding hydrogens is 236 g/mol. The van der Waals surface area contributed by atoms with Gasteiger partial charge in [0.05, 0.1) is 0 Å². The topological polar surface area (TPSA) is 37.3 Å².